The number of carbonyl (C=O) groups is 4. The highest BCUT2D eigenvalue weighted by atomic mass is 16.2. The Hall–Kier alpha value is -2.90. The van der Waals surface area contributed by atoms with Gasteiger partial charge in [0.2, 0.25) is 24.1 Å². The Kier molecular flexibility index (Phi) is 8.70. The fourth-order valence-electron chi connectivity index (χ4n) is 2.32. The van der Waals surface area contributed by atoms with Crippen molar-refractivity contribution in [1.82, 2.24) is 5.32 Å². The van der Waals surface area contributed by atoms with Gasteiger partial charge >= 0.3 is 0 Å². The van der Waals surface area contributed by atoms with Crippen molar-refractivity contribution in [2.24, 2.45) is 11.5 Å². The molecule has 0 saturated heterocycles. The summed E-state index contributed by atoms with van der Waals surface area (Å²) in [6.07, 6.45) is 3.19. The third-order valence-corrected chi connectivity index (χ3v) is 3.60. The number of aryl methyl sites for hydroxylation is 1. The molecule has 1 rings (SSSR count). The first-order chi connectivity index (χ1) is 11.9. The number of rotatable bonds is 12. The molecule has 0 saturated carbocycles. The summed E-state index contributed by atoms with van der Waals surface area (Å²) in [5.41, 5.74) is 11.8. The van der Waals surface area contributed by atoms with Crippen LogP contribution in [0.1, 0.15) is 37.7 Å². The van der Waals surface area contributed by atoms with Crippen molar-refractivity contribution >= 4 is 29.8 Å². The Morgan fingerprint density at radius 3 is 2.44 bits per heavy atom. The molecule has 1 aromatic carbocycles. The van der Waals surface area contributed by atoms with Crippen molar-refractivity contribution in [2.75, 3.05) is 5.32 Å². The highest BCUT2D eigenvalue weighted by molar-refractivity contribution is 5.96. The molecular formula is C17H24N4O4. The van der Waals surface area contributed by atoms with Gasteiger partial charge < -0.3 is 22.1 Å². The third-order valence-electron chi connectivity index (χ3n) is 3.60. The Balaban J connectivity index is 2.59. The predicted octanol–water partition coefficient (Wildman–Crippen LogP) is 0.203. The first-order valence-electron chi connectivity index (χ1n) is 8.08. The summed E-state index contributed by atoms with van der Waals surface area (Å²) in [7, 11) is 0. The summed E-state index contributed by atoms with van der Waals surface area (Å²) >= 11 is 0. The molecule has 1 aromatic rings. The van der Waals surface area contributed by atoms with Crippen LogP contribution in [0.25, 0.3) is 0 Å². The van der Waals surface area contributed by atoms with E-state index in [1.807, 2.05) is 18.2 Å². The predicted molar refractivity (Wildman–Crippen MR) is 93.2 cm³/mol. The maximum absolute atomic E-state index is 12.2. The van der Waals surface area contributed by atoms with Crippen molar-refractivity contribution < 1.29 is 19.2 Å². The molecule has 0 bridgehead atoms. The molecule has 0 unspecified atom stereocenters. The molecule has 0 aliphatic rings. The molecule has 136 valence electrons. The van der Waals surface area contributed by atoms with Crippen LogP contribution in [0.5, 0.6) is 0 Å². The highest BCUT2D eigenvalue weighted by Gasteiger charge is 2.18. The normalized spacial score (nSPS) is 11.4. The smallest absolute Gasteiger partial charge is 0.246 e. The van der Waals surface area contributed by atoms with Gasteiger partial charge in [-0.2, -0.15) is 0 Å². The van der Waals surface area contributed by atoms with Crippen LogP contribution in [0.2, 0.25) is 0 Å². The number of anilines is 1. The lowest BCUT2D eigenvalue weighted by Gasteiger charge is -2.15. The van der Waals surface area contributed by atoms with Crippen LogP contribution in [-0.4, -0.2) is 30.2 Å². The second-order valence-electron chi connectivity index (χ2n) is 5.71. The van der Waals surface area contributed by atoms with E-state index >= 15 is 0 Å². The molecule has 0 aliphatic heterocycles. The Morgan fingerprint density at radius 1 is 1.08 bits per heavy atom. The molecule has 0 aromatic heterocycles. The SMILES string of the molecule is NC(=O)CCCCc1cccc(NC(=O)[C@H](CCC(N)=O)NC=O)c1. The zero-order valence-electron chi connectivity index (χ0n) is 14.0. The summed E-state index contributed by atoms with van der Waals surface area (Å²) in [6, 6.07) is 6.47. The number of hydrogen-bond acceptors (Lipinski definition) is 4. The van der Waals surface area contributed by atoms with Gasteiger partial charge in [0.15, 0.2) is 0 Å². The molecule has 6 N–H and O–H groups in total. The Bertz CT molecular complexity index is 618. The van der Waals surface area contributed by atoms with Crippen LogP contribution < -0.4 is 22.1 Å². The molecule has 0 fully saturated rings. The quantitative estimate of drug-likeness (QED) is 0.316. The van der Waals surface area contributed by atoms with E-state index in [0.29, 0.717) is 24.9 Å². The van der Waals surface area contributed by atoms with Crippen LogP contribution in [0, 0.1) is 0 Å². The molecule has 8 nitrogen and oxygen atoms in total. The topological polar surface area (TPSA) is 144 Å². The molecule has 8 heteroatoms. The number of benzene rings is 1. The number of amides is 4. The number of nitrogens with two attached hydrogens (primary N) is 2. The third kappa shape index (κ3) is 8.50. The average Bonchev–Trinajstić information content (AvgIpc) is 2.55. The molecule has 1 atom stereocenters. The Morgan fingerprint density at radius 2 is 1.80 bits per heavy atom. The van der Waals surface area contributed by atoms with E-state index in [9.17, 15) is 19.2 Å². The van der Waals surface area contributed by atoms with E-state index in [0.717, 1.165) is 18.4 Å². The van der Waals surface area contributed by atoms with Gasteiger partial charge in [-0.1, -0.05) is 12.1 Å². The highest BCUT2D eigenvalue weighted by Crippen LogP contribution is 2.14. The van der Waals surface area contributed by atoms with E-state index in [1.54, 1.807) is 6.07 Å². The zero-order chi connectivity index (χ0) is 18.7. The van der Waals surface area contributed by atoms with Crippen molar-refractivity contribution in [1.29, 1.82) is 0 Å². The molecule has 25 heavy (non-hydrogen) atoms. The molecule has 0 aliphatic carbocycles. The lowest BCUT2D eigenvalue weighted by Crippen LogP contribution is -2.40. The van der Waals surface area contributed by atoms with Crippen molar-refractivity contribution in [3.05, 3.63) is 29.8 Å². The number of carbonyl (C=O) groups excluding carboxylic acids is 4. The summed E-state index contributed by atoms with van der Waals surface area (Å²) in [6.45, 7) is 0. The van der Waals surface area contributed by atoms with E-state index in [1.165, 1.54) is 0 Å². The number of unbranched alkanes of at least 4 members (excludes halogenated alkanes) is 1. The minimum Gasteiger partial charge on any atom is -0.370 e. The lowest BCUT2D eigenvalue weighted by molar-refractivity contribution is -0.122. The summed E-state index contributed by atoms with van der Waals surface area (Å²) in [5, 5.41) is 5.09. The van der Waals surface area contributed by atoms with Crippen LogP contribution in [-0.2, 0) is 25.6 Å². The largest absolute Gasteiger partial charge is 0.370 e. The van der Waals surface area contributed by atoms with E-state index in [4.69, 9.17) is 11.5 Å². The van der Waals surface area contributed by atoms with Gasteiger partial charge in [0.25, 0.3) is 0 Å². The van der Waals surface area contributed by atoms with E-state index in [2.05, 4.69) is 10.6 Å². The first-order valence-corrected chi connectivity index (χ1v) is 8.08. The molecule has 0 spiro atoms. The second kappa shape index (κ2) is 10.8. The van der Waals surface area contributed by atoms with Crippen molar-refractivity contribution in [2.45, 2.75) is 44.6 Å². The molecular weight excluding hydrogens is 324 g/mol. The van der Waals surface area contributed by atoms with Gasteiger partial charge in [-0.3, -0.25) is 19.2 Å². The van der Waals surface area contributed by atoms with Gasteiger partial charge in [-0.05, 0) is 43.4 Å². The average molecular weight is 348 g/mol. The van der Waals surface area contributed by atoms with Gasteiger partial charge in [0.1, 0.15) is 6.04 Å². The summed E-state index contributed by atoms with van der Waals surface area (Å²) in [4.78, 5) is 44.4. The fourth-order valence-corrected chi connectivity index (χ4v) is 2.32. The number of primary amides is 2. The summed E-state index contributed by atoms with van der Waals surface area (Å²) < 4.78 is 0. The van der Waals surface area contributed by atoms with Crippen molar-refractivity contribution in [3.63, 3.8) is 0 Å². The fraction of sp³-hybridized carbons (Fsp3) is 0.412. The summed E-state index contributed by atoms with van der Waals surface area (Å²) in [5.74, 6) is -1.27. The van der Waals surface area contributed by atoms with E-state index < -0.39 is 17.9 Å². The van der Waals surface area contributed by atoms with Gasteiger partial charge in [0, 0.05) is 18.5 Å². The minimum atomic E-state index is -0.829. The van der Waals surface area contributed by atoms with Crippen LogP contribution in [0.15, 0.2) is 24.3 Å². The number of nitrogens with one attached hydrogen (secondary N) is 2. The standard InChI is InChI=1S/C17H24N4O4/c18-15(23)7-2-1-4-12-5-3-6-13(10-12)21-17(25)14(20-11-22)8-9-16(19)24/h3,5-6,10-11,14H,1-2,4,7-9H2,(H2,18,23)(H2,19,24)(H,20,22)(H,21,25)/t14-/m0/s1. The maximum atomic E-state index is 12.2. The minimum absolute atomic E-state index is 0.00116. The molecule has 0 heterocycles. The second-order valence-corrected chi connectivity index (χ2v) is 5.71. The van der Waals surface area contributed by atoms with Gasteiger partial charge in [-0.25, -0.2) is 0 Å². The van der Waals surface area contributed by atoms with Gasteiger partial charge in [0.05, 0.1) is 0 Å². The van der Waals surface area contributed by atoms with Gasteiger partial charge in [-0.15, -0.1) is 0 Å². The van der Waals surface area contributed by atoms with E-state index in [-0.39, 0.29) is 18.7 Å². The molecule has 0 radical (unpaired) electrons. The molecule has 4 amide bonds. The van der Waals surface area contributed by atoms with Crippen LogP contribution in [0.3, 0.4) is 0 Å². The zero-order valence-corrected chi connectivity index (χ0v) is 14.0. The first kappa shape index (κ1) is 20.1. The Labute approximate surface area is 146 Å². The monoisotopic (exact) mass is 348 g/mol. The van der Waals surface area contributed by atoms with Crippen molar-refractivity contribution in [3.8, 4) is 0 Å². The lowest BCUT2D eigenvalue weighted by atomic mass is 10.1. The number of hydrogen-bond donors (Lipinski definition) is 4. The van der Waals surface area contributed by atoms with Crippen LogP contribution >= 0.6 is 0 Å². The van der Waals surface area contributed by atoms with Crippen LogP contribution in [0.4, 0.5) is 5.69 Å². The maximum Gasteiger partial charge on any atom is 0.246 e.